The number of aromatic nitrogens is 3. The summed E-state index contributed by atoms with van der Waals surface area (Å²) in [4.78, 5) is 27.4. The van der Waals surface area contributed by atoms with Crippen LogP contribution in [-0.4, -0.2) is 81.1 Å². The maximum Gasteiger partial charge on any atom is 0.319 e. The van der Waals surface area contributed by atoms with Gasteiger partial charge in [-0.05, 0) is 55.8 Å². The van der Waals surface area contributed by atoms with Crippen LogP contribution < -0.4 is 20.5 Å². The number of nitrogens with zero attached hydrogens (tertiary/aromatic N) is 5. The first-order valence-electron chi connectivity index (χ1n) is 16.0. The van der Waals surface area contributed by atoms with E-state index in [1.807, 2.05) is 4.90 Å². The van der Waals surface area contributed by atoms with Crippen LogP contribution in [0.25, 0.3) is 27.4 Å². The summed E-state index contributed by atoms with van der Waals surface area (Å²) in [7, 11) is 0. The minimum absolute atomic E-state index is 0.00690. The van der Waals surface area contributed by atoms with Crippen molar-refractivity contribution in [3.8, 4) is 29.8 Å². The number of fused-ring (bicyclic) bond motifs is 5. The Bertz CT molecular complexity index is 2010. The highest BCUT2D eigenvalue weighted by Crippen LogP contribution is 2.40. The highest BCUT2D eigenvalue weighted by Gasteiger charge is 2.49. The number of hydrogen-bond donors (Lipinski definition) is 2. The van der Waals surface area contributed by atoms with E-state index in [2.05, 4.69) is 21.1 Å². The van der Waals surface area contributed by atoms with Gasteiger partial charge in [0.15, 0.2) is 0 Å². The van der Waals surface area contributed by atoms with E-state index in [1.54, 1.807) is 6.07 Å². The molecule has 4 aliphatic rings. The molecule has 11 heteroatoms. The van der Waals surface area contributed by atoms with Gasteiger partial charge in [0, 0.05) is 55.8 Å². The molecule has 4 aromatic rings. The maximum atomic E-state index is 14.8. The van der Waals surface area contributed by atoms with Crippen molar-refractivity contribution in [2.24, 2.45) is 0 Å². The Kier molecular flexibility index (Phi) is 5.78. The molecule has 0 amide bonds. The minimum Gasteiger partial charge on any atom is -0.508 e. The fourth-order valence-corrected chi connectivity index (χ4v) is 7.66. The van der Waals surface area contributed by atoms with Crippen molar-refractivity contribution < 1.29 is 21.4 Å². The van der Waals surface area contributed by atoms with Gasteiger partial charge in [0.05, 0.1) is 24.9 Å². The monoisotopic (exact) mass is 600 g/mol. The molecule has 0 spiro atoms. The first kappa shape index (κ1) is 25.1. The number of rotatable bonds is 5. The van der Waals surface area contributed by atoms with E-state index in [0.29, 0.717) is 49.1 Å². The second-order valence-corrected chi connectivity index (χ2v) is 12.3. The van der Waals surface area contributed by atoms with Crippen molar-refractivity contribution in [1.29, 1.82) is 0 Å². The Balaban J connectivity index is 1.31. The van der Waals surface area contributed by atoms with E-state index in [0.717, 1.165) is 12.8 Å². The zero-order chi connectivity index (χ0) is 32.0. The molecular formula is C33H32F2N6O3. The quantitative estimate of drug-likeness (QED) is 0.336. The van der Waals surface area contributed by atoms with Gasteiger partial charge in [-0.1, -0.05) is 12.0 Å². The number of hydrogen-bond acceptors (Lipinski definition) is 8. The summed E-state index contributed by atoms with van der Waals surface area (Å²) >= 11 is 0. The summed E-state index contributed by atoms with van der Waals surface area (Å²) in [6.45, 7) is -0.395. The molecule has 226 valence electrons. The zero-order valence-electron chi connectivity index (χ0n) is 25.9. The lowest BCUT2D eigenvalue weighted by atomic mass is 9.95. The molecule has 2 aromatic carbocycles. The number of pyridine rings is 1. The fourth-order valence-electron chi connectivity index (χ4n) is 7.66. The van der Waals surface area contributed by atoms with Gasteiger partial charge in [0.25, 0.3) is 5.56 Å². The van der Waals surface area contributed by atoms with Crippen LogP contribution in [-0.2, 0) is 0 Å². The van der Waals surface area contributed by atoms with Crippen molar-refractivity contribution in [3.63, 3.8) is 0 Å². The molecule has 4 atom stereocenters. The Morgan fingerprint density at radius 3 is 2.82 bits per heavy atom. The van der Waals surface area contributed by atoms with Crippen LogP contribution in [0.2, 0.25) is 0 Å². The smallest absolute Gasteiger partial charge is 0.319 e. The van der Waals surface area contributed by atoms with Gasteiger partial charge >= 0.3 is 6.01 Å². The molecule has 8 rings (SSSR count). The largest absolute Gasteiger partial charge is 0.508 e. The molecule has 4 saturated heterocycles. The molecule has 0 radical (unpaired) electrons. The molecule has 0 unspecified atom stereocenters. The molecular weight excluding hydrogens is 566 g/mol. The van der Waals surface area contributed by atoms with Gasteiger partial charge in [0.1, 0.15) is 35.6 Å². The summed E-state index contributed by atoms with van der Waals surface area (Å²) in [5, 5.41) is 15.3. The number of piperazine rings is 1. The molecule has 44 heavy (non-hydrogen) atoms. The van der Waals surface area contributed by atoms with Crippen LogP contribution in [0.15, 0.2) is 41.3 Å². The van der Waals surface area contributed by atoms with Gasteiger partial charge in [-0.15, -0.1) is 6.42 Å². The van der Waals surface area contributed by atoms with E-state index in [4.69, 9.17) is 18.9 Å². The van der Waals surface area contributed by atoms with Gasteiger partial charge in [-0.3, -0.25) is 14.3 Å². The lowest BCUT2D eigenvalue weighted by Gasteiger charge is -2.34. The summed E-state index contributed by atoms with van der Waals surface area (Å²) in [6, 6.07) is 7.29. The molecule has 2 bridgehead atoms. The minimum atomic E-state index is -2.35. The zero-order valence-corrected chi connectivity index (χ0v) is 23.9. The number of halogens is 2. The van der Waals surface area contributed by atoms with Gasteiger partial charge in [0.2, 0.25) is 0 Å². The van der Waals surface area contributed by atoms with Crippen molar-refractivity contribution in [2.45, 2.75) is 55.9 Å². The molecule has 2 aromatic heterocycles. The predicted octanol–water partition coefficient (Wildman–Crippen LogP) is 3.66. The third kappa shape index (κ3) is 4.31. The van der Waals surface area contributed by atoms with Crippen LogP contribution in [0.1, 0.15) is 40.4 Å². The number of ether oxygens (including phenoxy) is 1. The molecule has 4 aliphatic heterocycles. The molecule has 4 fully saturated rings. The standard InChI is InChI=1S/C33H32F2N6O3/c1-2-24-26(35)7-4-19-12-23(42)13-27(28(19)24)41-11-8-25-29(31(41)43)37-32(38-30(25)39-16-21-5-6-22(17-39)36-21)44-18-33-9-3-10-40(33)15-20(34)14-33/h1,4,7-8,11-13,20-22,36,42H,3,5-6,9-10,14-18H2/t20-,21-,22+,33+/m1/s1/i18D2. The predicted molar refractivity (Wildman–Crippen MR) is 163 cm³/mol. The van der Waals surface area contributed by atoms with Crippen molar-refractivity contribution in [2.75, 3.05) is 37.6 Å². The van der Waals surface area contributed by atoms with E-state index in [-0.39, 0.29) is 59.0 Å². The van der Waals surface area contributed by atoms with Crippen LogP contribution >= 0.6 is 0 Å². The number of aromatic hydroxyl groups is 1. The molecule has 6 heterocycles. The Morgan fingerprint density at radius 2 is 2.02 bits per heavy atom. The number of terminal acetylenes is 1. The second kappa shape index (κ2) is 10.1. The number of phenolic OH excluding ortho intramolecular Hbond substituents is 1. The summed E-state index contributed by atoms with van der Waals surface area (Å²) in [6.07, 6.45) is 9.17. The highest BCUT2D eigenvalue weighted by atomic mass is 19.1. The van der Waals surface area contributed by atoms with E-state index < -0.39 is 29.6 Å². The lowest BCUT2D eigenvalue weighted by Crippen LogP contribution is -2.51. The SMILES string of the molecule is [2H]C([2H])(Oc1nc(N2C[C@H]3CC[C@@H](C2)N3)c2ccn(-c3cc(O)cc4ccc(F)c(C#C)c34)c(=O)c2n1)[C@@]12CCCN1C[C@H](F)C2. The molecule has 0 saturated carbocycles. The van der Waals surface area contributed by atoms with Gasteiger partial charge in [-0.2, -0.15) is 9.97 Å². The van der Waals surface area contributed by atoms with E-state index >= 15 is 0 Å². The Morgan fingerprint density at radius 1 is 1.20 bits per heavy atom. The highest BCUT2D eigenvalue weighted by molar-refractivity contribution is 5.97. The van der Waals surface area contributed by atoms with Crippen LogP contribution in [0.5, 0.6) is 11.8 Å². The third-order valence-corrected chi connectivity index (χ3v) is 9.60. The van der Waals surface area contributed by atoms with Gasteiger partial charge in [-0.25, -0.2) is 8.78 Å². The second-order valence-electron chi connectivity index (χ2n) is 12.3. The Labute approximate surface area is 255 Å². The van der Waals surface area contributed by atoms with E-state index in [9.17, 15) is 18.7 Å². The molecule has 0 aliphatic carbocycles. The number of phenols is 1. The average Bonchev–Trinajstić information content (AvgIpc) is 3.68. The number of nitrogens with one attached hydrogen (secondary N) is 1. The van der Waals surface area contributed by atoms with Crippen molar-refractivity contribution >= 4 is 27.5 Å². The topological polar surface area (TPSA) is 95.8 Å². The summed E-state index contributed by atoms with van der Waals surface area (Å²) in [5.74, 6) is 2.01. The van der Waals surface area contributed by atoms with Crippen molar-refractivity contribution in [3.05, 3.63) is 58.3 Å². The maximum absolute atomic E-state index is 14.8. The summed E-state index contributed by atoms with van der Waals surface area (Å²) in [5.41, 5.74) is -1.73. The van der Waals surface area contributed by atoms with E-state index in [1.165, 1.54) is 35.0 Å². The molecule has 2 N–H and O–H groups in total. The van der Waals surface area contributed by atoms with Crippen molar-refractivity contribution in [1.82, 2.24) is 24.8 Å². The number of anilines is 1. The summed E-state index contributed by atoms with van der Waals surface area (Å²) < 4.78 is 54.8. The first-order chi connectivity index (χ1) is 22.1. The average molecular weight is 601 g/mol. The Hall–Kier alpha value is -4.27. The molecule has 9 nitrogen and oxygen atoms in total. The normalized spacial score (nSPS) is 27.4. The first-order valence-corrected chi connectivity index (χ1v) is 15.0. The fraction of sp³-hybridized carbons (Fsp3) is 0.424. The van der Waals surface area contributed by atoms with Gasteiger partial charge < -0.3 is 20.1 Å². The van der Waals surface area contributed by atoms with Crippen LogP contribution in [0.3, 0.4) is 0 Å². The number of benzene rings is 2. The van der Waals surface area contributed by atoms with Crippen LogP contribution in [0.4, 0.5) is 14.6 Å². The van der Waals surface area contributed by atoms with Crippen LogP contribution in [0, 0.1) is 18.2 Å². The number of alkyl halides is 1. The third-order valence-electron chi connectivity index (χ3n) is 9.60. The lowest BCUT2D eigenvalue weighted by molar-refractivity contribution is 0.107.